The van der Waals surface area contributed by atoms with Gasteiger partial charge in [0.05, 0.1) is 0 Å². The Labute approximate surface area is 119 Å². The highest BCUT2D eigenvalue weighted by atomic mass is 16.6. The van der Waals surface area contributed by atoms with Gasteiger partial charge in [-0.2, -0.15) is 0 Å². The van der Waals surface area contributed by atoms with E-state index in [-0.39, 0.29) is 0 Å². The summed E-state index contributed by atoms with van der Waals surface area (Å²) in [5, 5.41) is 0. The number of nitrogens with zero attached hydrogens (tertiary/aromatic N) is 1. The smallest absolute Gasteiger partial charge is 0.411 e. The Morgan fingerprint density at radius 2 is 1.80 bits per heavy atom. The average molecular weight is 278 g/mol. The molecule has 2 N–H and O–H groups in total. The molecule has 5 heteroatoms. The van der Waals surface area contributed by atoms with Crippen LogP contribution in [0.3, 0.4) is 0 Å². The van der Waals surface area contributed by atoms with Crippen molar-refractivity contribution in [3.63, 3.8) is 0 Å². The second-order valence-corrected chi connectivity index (χ2v) is 5.48. The number of carbonyl (C=O) groups excluding carboxylic acids is 2. The van der Waals surface area contributed by atoms with Gasteiger partial charge in [0.2, 0.25) is 5.91 Å². The number of nitrogens with two attached hydrogens (primary N) is 1. The molecule has 0 aliphatic rings. The van der Waals surface area contributed by atoms with E-state index < -0.39 is 23.6 Å². The monoisotopic (exact) mass is 278 g/mol. The third-order valence-electron chi connectivity index (χ3n) is 2.67. The van der Waals surface area contributed by atoms with E-state index in [9.17, 15) is 9.59 Å². The van der Waals surface area contributed by atoms with Gasteiger partial charge in [0.25, 0.3) is 0 Å². The fourth-order valence-electron chi connectivity index (χ4n) is 1.87. The van der Waals surface area contributed by atoms with Crippen LogP contribution in [0.1, 0.15) is 39.3 Å². The van der Waals surface area contributed by atoms with Crippen molar-refractivity contribution in [2.45, 2.75) is 39.3 Å². The summed E-state index contributed by atoms with van der Waals surface area (Å²) in [5.41, 5.74) is 5.51. The number of benzene rings is 1. The minimum absolute atomic E-state index is 0.331. The molecule has 0 fully saturated rings. The molecular weight excluding hydrogens is 256 g/mol. The Morgan fingerprint density at radius 1 is 1.25 bits per heavy atom. The first-order valence-corrected chi connectivity index (χ1v) is 6.60. The molecular formula is C15H22N2O3. The summed E-state index contributed by atoms with van der Waals surface area (Å²) in [7, 11) is 0. The molecule has 1 aromatic carbocycles. The van der Waals surface area contributed by atoms with Gasteiger partial charge in [0.15, 0.2) is 0 Å². The predicted octanol–water partition coefficient (Wildman–Crippen LogP) is 2.47. The van der Waals surface area contributed by atoms with Crippen molar-refractivity contribution in [1.29, 1.82) is 0 Å². The predicted molar refractivity (Wildman–Crippen MR) is 77.0 cm³/mol. The van der Waals surface area contributed by atoms with E-state index in [0.717, 1.165) is 0 Å². The summed E-state index contributed by atoms with van der Waals surface area (Å²) in [5.74, 6) is -0.580. The van der Waals surface area contributed by atoms with Crippen LogP contribution in [0.15, 0.2) is 30.3 Å². The third kappa shape index (κ3) is 4.26. The van der Waals surface area contributed by atoms with Crippen molar-refractivity contribution in [1.82, 2.24) is 4.90 Å². The highest BCUT2D eigenvalue weighted by Gasteiger charge is 2.31. The largest absolute Gasteiger partial charge is 0.444 e. The standard InChI is InChI=1S/C15H22N2O3/c1-5-17(14(19)20-15(2,3)4)12(13(16)18)11-9-7-6-8-10-11/h6-10,12H,5H2,1-4H3,(H2,16,18)/t12-/m1/s1. The van der Waals surface area contributed by atoms with Gasteiger partial charge in [0.1, 0.15) is 11.6 Å². The van der Waals surface area contributed by atoms with Gasteiger partial charge in [-0.05, 0) is 33.3 Å². The maximum atomic E-state index is 12.2. The Hall–Kier alpha value is -2.04. The van der Waals surface area contributed by atoms with E-state index in [1.165, 1.54) is 4.90 Å². The fraction of sp³-hybridized carbons (Fsp3) is 0.467. The van der Waals surface area contributed by atoms with Crippen molar-refractivity contribution in [2.75, 3.05) is 6.54 Å². The lowest BCUT2D eigenvalue weighted by Gasteiger charge is -2.31. The molecule has 1 aromatic rings. The Balaban J connectivity index is 3.05. The number of ether oxygens (including phenoxy) is 1. The van der Waals surface area contributed by atoms with Gasteiger partial charge in [-0.1, -0.05) is 30.3 Å². The normalized spacial score (nSPS) is 12.6. The van der Waals surface area contributed by atoms with Crippen molar-refractivity contribution in [3.05, 3.63) is 35.9 Å². The van der Waals surface area contributed by atoms with E-state index in [1.807, 2.05) is 6.07 Å². The minimum Gasteiger partial charge on any atom is -0.444 e. The molecule has 0 heterocycles. The lowest BCUT2D eigenvalue weighted by molar-refractivity contribution is -0.123. The Kier molecular flexibility index (Phi) is 5.13. The molecule has 1 rings (SSSR count). The number of primary amides is 1. The van der Waals surface area contributed by atoms with E-state index >= 15 is 0 Å². The highest BCUT2D eigenvalue weighted by Crippen LogP contribution is 2.22. The zero-order valence-electron chi connectivity index (χ0n) is 12.4. The zero-order valence-corrected chi connectivity index (χ0v) is 12.4. The van der Waals surface area contributed by atoms with Crippen molar-refractivity contribution < 1.29 is 14.3 Å². The SMILES string of the molecule is CCN(C(=O)OC(C)(C)C)[C@@H](C(N)=O)c1ccccc1. The second-order valence-electron chi connectivity index (χ2n) is 5.48. The maximum absolute atomic E-state index is 12.2. The van der Waals surface area contributed by atoms with Gasteiger partial charge in [0, 0.05) is 6.54 Å². The van der Waals surface area contributed by atoms with Crippen LogP contribution in [0.4, 0.5) is 4.79 Å². The molecule has 2 amide bonds. The maximum Gasteiger partial charge on any atom is 0.411 e. The van der Waals surface area contributed by atoms with Gasteiger partial charge in [-0.15, -0.1) is 0 Å². The molecule has 0 saturated heterocycles. The highest BCUT2D eigenvalue weighted by molar-refractivity contribution is 5.85. The molecule has 0 radical (unpaired) electrons. The van der Waals surface area contributed by atoms with E-state index in [2.05, 4.69) is 0 Å². The molecule has 0 aliphatic carbocycles. The van der Waals surface area contributed by atoms with Crippen LogP contribution in [0.5, 0.6) is 0 Å². The van der Waals surface area contributed by atoms with E-state index in [4.69, 9.17) is 10.5 Å². The third-order valence-corrected chi connectivity index (χ3v) is 2.67. The lowest BCUT2D eigenvalue weighted by Crippen LogP contribution is -2.44. The van der Waals surface area contributed by atoms with Gasteiger partial charge >= 0.3 is 6.09 Å². The second kappa shape index (κ2) is 6.41. The van der Waals surface area contributed by atoms with Gasteiger partial charge in [-0.3, -0.25) is 9.69 Å². The number of hydrogen-bond donors (Lipinski definition) is 1. The molecule has 0 unspecified atom stereocenters. The van der Waals surface area contributed by atoms with Crippen LogP contribution in [-0.4, -0.2) is 29.0 Å². The van der Waals surface area contributed by atoms with Crippen molar-refractivity contribution in [2.24, 2.45) is 5.73 Å². The van der Waals surface area contributed by atoms with Gasteiger partial charge in [-0.25, -0.2) is 4.79 Å². The van der Waals surface area contributed by atoms with Crippen LogP contribution < -0.4 is 5.73 Å². The van der Waals surface area contributed by atoms with Crippen LogP contribution in [0, 0.1) is 0 Å². The lowest BCUT2D eigenvalue weighted by atomic mass is 10.1. The van der Waals surface area contributed by atoms with Crippen molar-refractivity contribution >= 4 is 12.0 Å². The molecule has 0 aliphatic heterocycles. The minimum atomic E-state index is -0.823. The number of hydrogen-bond acceptors (Lipinski definition) is 3. The first kappa shape index (κ1) is 16.0. The van der Waals surface area contributed by atoms with E-state index in [0.29, 0.717) is 12.1 Å². The summed E-state index contributed by atoms with van der Waals surface area (Å²) < 4.78 is 5.32. The molecule has 20 heavy (non-hydrogen) atoms. The summed E-state index contributed by atoms with van der Waals surface area (Å²) in [4.78, 5) is 25.3. The summed E-state index contributed by atoms with van der Waals surface area (Å²) in [6.07, 6.45) is -0.548. The summed E-state index contributed by atoms with van der Waals surface area (Å²) in [6, 6.07) is 8.15. The molecule has 0 aromatic heterocycles. The quantitative estimate of drug-likeness (QED) is 0.919. The van der Waals surface area contributed by atoms with Crippen molar-refractivity contribution in [3.8, 4) is 0 Å². The fourth-order valence-corrected chi connectivity index (χ4v) is 1.87. The van der Waals surface area contributed by atoms with Crippen LogP contribution in [0.25, 0.3) is 0 Å². The van der Waals surface area contributed by atoms with Crippen LogP contribution >= 0.6 is 0 Å². The number of carbonyl (C=O) groups is 2. The molecule has 0 saturated carbocycles. The number of rotatable bonds is 4. The molecule has 5 nitrogen and oxygen atoms in total. The molecule has 110 valence electrons. The van der Waals surface area contributed by atoms with E-state index in [1.54, 1.807) is 52.0 Å². The topological polar surface area (TPSA) is 72.6 Å². The Morgan fingerprint density at radius 3 is 2.20 bits per heavy atom. The molecule has 1 atom stereocenters. The number of likely N-dealkylation sites (N-methyl/N-ethyl adjacent to an activating group) is 1. The Bertz CT molecular complexity index is 466. The summed E-state index contributed by atoms with van der Waals surface area (Å²) in [6.45, 7) is 7.45. The van der Waals surface area contributed by atoms with Gasteiger partial charge < -0.3 is 10.5 Å². The average Bonchev–Trinajstić information content (AvgIpc) is 2.33. The first-order valence-electron chi connectivity index (χ1n) is 6.60. The van der Waals surface area contributed by atoms with Crippen LogP contribution in [-0.2, 0) is 9.53 Å². The van der Waals surface area contributed by atoms with Crippen LogP contribution in [0.2, 0.25) is 0 Å². The zero-order chi connectivity index (χ0) is 15.3. The molecule has 0 spiro atoms. The number of amides is 2. The first-order chi connectivity index (χ1) is 9.26. The molecule has 0 bridgehead atoms. The summed E-state index contributed by atoms with van der Waals surface area (Å²) >= 11 is 0.